The topological polar surface area (TPSA) is 61.4 Å². The Bertz CT molecular complexity index is 474. The Morgan fingerprint density at radius 1 is 1.37 bits per heavy atom. The Morgan fingerprint density at radius 3 is 2.68 bits per heavy atom. The van der Waals surface area contributed by atoms with Gasteiger partial charge in [0, 0.05) is 26.2 Å². The Labute approximate surface area is 113 Å². The lowest BCUT2D eigenvalue weighted by Gasteiger charge is -2.20. The Morgan fingerprint density at radius 2 is 2.05 bits per heavy atom. The quantitative estimate of drug-likeness (QED) is 0.838. The fourth-order valence-corrected chi connectivity index (χ4v) is 2.22. The number of fused-ring (bicyclic) bond motifs is 1. The van der Waals surface area contributed by atoms with Crippen LogP contribution in [0.25, 0.3) is 0 Å². The molecule has 0 aliphatic carbocycles. The molecule has 1 aliphatic heterocycles. The van der Waals surface area contributed by atoms with Gasteiger partial charge in [-0.3, -0.25) is 9.59 Å². The molecule has 2 unspecified atom stereocenters. The molecule has 0 fully saturated rings. The number of carbonyl (C=O) groups excluding carboxylic acids is 2. The number of nitrogens with one attached hydrogen (secondary N) is 2. The molecule has 0 aromatic heterocycles. The van der Waals surface area contributed by atoms with Gasteiger partial charge in [-0.25, -0.2) is 0 Å². The zero-order valence-electron chi connectivity index (χ0n) is 11.4. The van der Waals surface area contributed by atoms with Crippen LogP contribution in [0.3, 0.4) is 0 Å². The van der Waals surface area contributed by atoms with Crippen molar-refractivity contribution in [1.82, 2.24) is 10.2 Å². The van der Waals surface area contributed by atoms with Gasteiger partial charge in [0.25, 0.3) is 0 Å². The van der Waals surface area contributed by atoms with E-state index in [9.17, 15) is 9.59 Å². The molecule has 0 saturated carbocycles. The minimum Gasteiger partial charge on any atom is -0.373 e. The minimum absolute atomic E-state index is 0.108. The van der Waals surface area contributed by atoms with Crippen LogP contribution in [0.5, 0.6) is 0 Å². The molecular formula is C14H19N3O2. The molecule has 5 heteroatoms. The summed E-state index contributed by atoms with van der Waals surface area (Å²) < 4.78 is 0. The Balaban J connectivity index is 1.95. The number of likely N-dealkylation sites (N-methyl/N-ethyl adjacent to an activating group) is 1. The lowest BCUT2D eigenvalue weighted by atomic mass is 10.1. The maximum Gasteiger partial charge on any atom is 0.244 e. The Hall–Kier alpha value is -2.04. The normalized spacial score (nSPS) is 18.2. The fraction of sp³-hybridized carbons (Fsp3) is 0.429. The summed E-state index contributed by atoms with van der Waals surface area (Å²) in [5.74, 6) is -0.247. The van der Waals surface area contributed by atoms with E-state index in [-0.39, 0.29) is 17.9 Å². The average Bonchev–Trinajstić information content (AvgIpc) is 2.81. The van der Waals surface area contributed by atoms with Gasteiger partial charge in [-0.1, -0.05) is 18.2 Å². The van der Waals surface area contributed by atoms with E-state index >= 15 is 0 Å². The van der Waals surface area contributed by atoms with E-state index < -0.39 is 6.04 Å². The van der Waals surface area contributed by atoms with E-state index in [0.717, 1.165) is 11.3 Å². The van der Waals surface area contributed by atoms with Crippen LogP contribution in [0.15, 0.2) is 24.3 Å². The van der Waals surface area contributed by atoms with E-state index in [1.54, 1.807) is 21.0 Å². The summed E-state index contributed by atoms with van der Waals surface area (Å²) >= 11 is 0. The highest BCUT2D eigenvalue weighted by Gasteiger charge is 2.28. The highest BCUT2D eigenvalue weighted by molar-refractivity contribution is 5.92. The van der Waals surface area contributed by atoms with Gasteiger partial charge in [-0.15, -0.1) is 0 Å². The van der Waals surface area contributed by atoms with Crippen molar-refractivity contribution in [3.63, 3.8) is 0 Å². The monoisotopic (exact) mass is 261 g/mol. The van der Waals surface area contributed by atoms with Gasteiger partial charge in [-0.05, 0) is 18.6 Å². The van der Waals surface area contributed by atoms with Gasteiger partial charge in [0.15, 0.2) is 0 Å². The molecule has 19 heavy (non-hydrogen) atoms. The van der Waals surface area contributed by atoms with Gasteiger partial charge in [0.2, 0.25) is 11.8 Å². The zero-order chi connectivity index (χ0) is 14.0. The molecule has 1 aromatic rings. The van der Waals surface area contributed by atoms with Crippen molar-refractivity contribution in [1.29, 1.82) is 0 Å². The standard InChI is InChI=1S/C14H19N3O2/c1-9(14(19)17(2)3)15-13(18)12-8-10-6-4-5-7-11(10)16-12/h4-7,9,12,16H,8H2,1-3H3,(H,15,18). The number of amides is 2. The third kappa shape index (κ3) is 2.86. The summed E-state index contributed by atoms with van der Waals surface area (Å²) in [6, 6.07) is 7.05. The first-order chi connectivity index (χ1) is 8.99. The summed E-state index contributed by atoms with van der Waals surface area (Å²) in [7, 11) is 3.35. The second-order valence-electron chi connectivity index (χ2n) is 5.02. The van der Waals surface area contributed by atoms with E-state index in [2.05, 4.69) is 10.6 Å². The molecule has 2 amide bonds. The Kier molecular flexibility index (Phi) is 3.74. The van der Waals surface area contributed by atoms with Crippen molar-refractivity contribution in [2.45, 2.75) is 25.4 Å². The van der Waals surface area contributed by atoms with Gasteiger partial charge in [-0.2, -0.15) is 0 Å². The van der Waals surface area contributed by atoms with Crippen LogP contribution in [0.4, 0.5) is 5.69 Å². The third-order valence-electron chi connectivity index (χ3n) is 3.26. The molecular weight excluding hydrogens is 242 g/mol. The van der Waals surface area contributed by atoms with E-state index in [4.69, 9.17) is 0 Å². The van der Waals surface area contributed by atoms with Crippen molar-refractivity contribution >= 4 is 17.5 Å². The molecule has 1 aromatic carbocycles. The number of anilines is 1. The fourth-order valence-electron chi connectivity index (χ4n) is 2.22. The molecule has 5 nitrogen and oxygen atoms in total. The lowest BCUT2D eigenvalue weighted by Crippen LogP contribution is -2.49. The second-order valence-corrected chi connectivity index (χ2v) is 5.02. The maximum absolute atomic E-state index is 12.1. The van der Waals surface area contributed by atoms with E-state index in [1.165, 1.54) is 4.90 Å². The second kappa shape index (κ2) is 5.30. The number of para-hydroxylation sites is 1. The maximum atomic E-state index is 12.1. The van der Waals surface area contributed by atoms with Gasteiger partial charge in [0.1, 0.15) is 12.1 Å². The predicted molar refractivity (Wildman–Crippen MR) is 73.9 cm³/mol. The van der Waals surface area contributed by atoms with Gasteiger partial charge < -0.3 is 15.5 Å². The summed E-state index contributed by atoms with van der Waals surface area (Å²) in [6.45, 7) is 1.70. The molecule has 0 bridgehead atoms. The highest BCUT2D eigenvalue weighted by atomic mass is 16.2. The zero-order valence-corrected chi connectivity index (χ0v) is 11.4. The molecule has 102 valence electrons. The first kappa shape index (κ1) is 13.4. The van der Waals surface area contributed by atoms with Crippen LogP contribution in [0.2, 0.25) is 0 Å². The minimum atomic E-state index is -0.506. The van der Waals surface area contributed by atoms with Crippen molar-refractivity contribution in [3.05, 3.63) is 29.8 Å². The number of rotatable bonds is 3. The molecule has 0 radical (unpaired) electrons. The number of benzene rings is 1. The largest absolute Gasteiger partial charge is 0.373 e. The average molecular weight is 261 g/mol. The van der Waals surface area contributed by atoms with Crippen LogP contribution in [0, 0.1) is 0 Å². The smallest absolute Gasteiger partial charge is 0.244 e. The van der Waals surface area contributed by atoms with E-state index in [1.807, 2.05) is 24.3 Å². The predicted octanol–water partition coefficient (Wildman–Crippen LogP) is 0.616. The molecule has 0 saturated heterocycles. The molecule has 2 atom stereocenters. The van der Waals surface area contributed by atoms with Crippen LogP contribution >= 0.6 is 0 Å². The van der Waals surface area contributed by atoms with Crippen molar-refractivity contribution in [2.75, 3.05) is 19.4 Å². The molecule has 0 spiro atoms. The molecule has 1 aliphatic rings. The van der Waals surface area contributed by atoms with Gasteiger partial charge in [0.05, 0.1) is 0 Å². The van der Waals surface area contributed by atoms with E-state index in [0.29, 0.717) is 6.42 Å². The van der Waals surface area contributed by atoms with Crippen molar-refractivity contribution in [3.8, 4) is 0 Å². The molecule has 2 rings (SSSR count). The van der Waals surface area contributed by atoms with Crippen LogP contribution < -0.4 is 10.6 Å². The number of hydrogen-bond donors (Lipinski definition) is 2. The highest BCUT2D eigenvalue weighted by Crippen LogP contribution is 2.25. The lowest BCUT2D eigenvalue weighted by molar-refractivity contribution is -0.134. The van der Waals surface area contributed by atoms with Crippen LogP contribution in [0.1, 0.15) is 12.5 Å². The molecule has 2 N–H and O–H groups in total. The number of hydrogen-bond acceptors (Lipinski definition) is 3. The summed E-state index contributed by atoms with van der Waals surface area (Å²) in [4.78, 5) is 25.3. The van der Waals surface area contributed by atoms with Crippen LogP contribution in [-0.2, 0) is 16.0 Å². The third-order valence-corrected chi connectivity index (χ3v) is 3.26. The number of nitrogens with zero attached hydrogens (tertiary/aromatic N) is 1. The van der Waals surface area contributed by atoms with Crippen molar-refractivity contribution < 1.29 is 9.59 Å². The number of carbonyl (C=O) groups is 2. The first-order valence-electron chi connectivity index (χ1n) is 6.35. The molecule has 1 heterocycles. The van der Waals surface area contributed by atoms with Crippen molar-refractivity contribution in [2.24, 2.45) is 0 Å². The summed E-state index contributed by atoms with van der Waals surface area (Å²) in [5, 5.41) is 5.92. The first-order valence-corrected chi connectivity index (χ1v) is 6.35. The summed E-state index contributed by atoms with van der Waals surface area (Å²) in [5.41, 5.74) is 2.13. The van der Waals surface area contributed by atoms with Crippen LogP contribution in [-0.4, -0.2) is 42.9 Å². The van der Waals surface area contributed by atoms with Gasteiger partial charge >= 0.3 is 0 Å². The SMILES string of the molecule is CC(NC(=O)C1Cc2ccccc2N1)C(=O)N(C)C. The summed E-state index contributed by atoms with van der Waals surface area (Å²) in [6.07, 6.45) is 0.658.